The lowest BCUT2D eigenvalue weighted by molar-refractivity contribution is 0.126. The minimum absolute atomic E-state index is 0.248. The maximum absolute atomic E-state index is 14.4. The number of hydrogen-bond acceptors (Lipinski definition) is 3. The summed E-state index contributed by atoms with van der Waals surface area (Å²) in [6.45, 7) is 3.11. The third-order valence-corrected chi connectivity index (χ3v) is 6.13. The molecule has 4 heteroatoms. The van der Waals surface area contributed by atoms with Gasteiger partial charge in [0.25, 0.3) is 0 Å². The van der Waals surface area contributed by atoms with Crippen molar-refractivity contribution in [2.75, 3.05) is 24.5 Å². The Balaban J connectivity index is 1.60. The van der Waals surface area contributed by atoms with Crippen molar-refractivity contribution in [3.8, 4) is 6.07 Å². The predicted molar refractivity (Wildman–Crippen MR) is 88.8 cm³/mol. The minimum Gasteiger partial charge on any atom is -0.364 e. The second kappa shape index (κ2) is 6.13. The summed E-state index contributed by atoms with van der Waals surface area (Å²) in [6, 6.07) is 8.14. The molecule has 122 valence electrons. The Morgan fingerprint density at radius 1 is 1.09 bits per heavy atom. The summed E-state index contributed by atoms with van der Waals surface area (Å²) in [5.41, 5.74) is 1.01. The van der Waals surface area contributed by atoms with E-state index in [0.717, 1.165) is 25.6 Å². The van der Waals surface area contributed by atoms with Crippen molar-refractivity contribution in [3.63, 3.8) is 0 Å². The smallest absolute Gasteiger partial charge is 0.147 e. The molecule has 2 atom stereocenters. The van der Waals surface area contributed by atoms with E-state index >= 15 is 0 Å². The van der Waals surface area contributed by atoms with Crippen LogP contribution in [0.4, 0.5) is 10.1 Å². The Labute approximate surface area is 137 Å². The van der Waals surface area contributed by atoms with Gasteiger partial charge in [0.1, 0.15) is 11.9 Å². The van der Waals surface area contributed by atoms with Crippen molar-refractivity contribution >= 4 is 5.69 Å². The lowest BCUT2D eigenvalue weighted by Crippen LogP contribution is -2.51. The number of fused-ring (bicyclic) bond motifs is 1. The van der Waals surface area contributed by atoms with Crippen LogP contribution in [0.5, 0.6) is 0 Å². The molecule has 1 aliphatic carbocycles. The van der Waals surface area contributed by atoms with Gasteiger partial charge < -0.3 is 4.90 Å². The summed E-state index contributed by atoms with van der Waals surface area (Å²) < 4.78 is 14.4. The number of rotatable bonds is 2. The molecule has 3 fully saturated rings. The molecular weight excluding hydrogens is 289 g/mol. The number of likely N-dealkylation sites (tertiary alicyclic amines) is 1. The van der Waals surface area contributed by atoms with Crippen LogP contribution in [0.3, 0.4) is 0 Å². The number of benzene rings is 1. The summed E-state index contributed by atoms with van der Waals surface area (Å²) >= 11 is 0. The van der Waals surface area contributed by atoms with Gasteiger partial charge in [-0.05, 0) is 50.3 Å². The van der Waals surface area contributed by atoms with E-state index in [1.165, 1.54) is 44.7 Å². The molecule has 1 aromatic rings. The van der Waals surface area contributed by atoms with Crippen LogP contribution in [0.15, 0.2) is 18.2 Å². The van der Waals surface area contributed by atoms with Gasteiger partial charge in [0.05, 0.1) is 11.3 Å². The molecule has 0 spiro atoms. The molecule has 0 amide bonds. The molecule has 2 unspecified atom stereocenters. The fraction of sp³-hybridized carbons (Fsp3) is 0.632. The third kappa shape index (κ3) is 2.61. The molecule has 0 bridgehead atoms. The molecular formula is C19H24FN3. The molecule has 0 aromatic heterocycles. The highest BCUT2D eigenvalue weighted by Gasteiger charge is 2.41. The lowest BCUT2D eigenvalue weighted by Gasteiger charge is -2.42. The van der Waals surface area contributed by atoms with E-state index in [2.05, 4.69) is 15.9 Å². The first-order chi connectivity index (χ1) is 11.3. The van der Waals surface area contributed by atoms with Crippen LogP contribution in [0.25, 0.3) is 0 Å². The van der Waals surface area contributed by atoms with E-state index in [1.54, 1.807) is 12.1 Å². The van der Waals surface area contributed by atoms with Crippen LogP contribution >= 0.6 is 0 Å². The van der Waals surface area contributed by atoms with Crippen LogP contribution in [0.2, 0.25) is 0 Å². The summed E-state index contributed by atoms with van der Waals surface area (Å²) in [5, 5.41) is 9.37. The molecule has 23 heavy (non-hydrogen) atoms. The van der Waals surface area contributed by atoms with Crippen LogP contribution < -0.4 is 4.90 Å². The van der Waals surface area contributed by atoms with Gasteiger partial charge in [-0.2, -0.15) is 5.26 Å². The molecule has 3 aliphatic rings. The highest BCUT2D eigenvalue weighted by Crippen LogP contribution is 2.39. The second-order valence-corrected chi connectivity index (χ2v) is 7.28. The van der Waals surface area contributed by atoms with Crippen LogP contribution in [-0.4, -0.2) is 36.6 Å². The van der Waals surface area contributed by atoms with Gasteiger partial charge in [-0.1, -0.05) is 18.9 Å². The average molecular weight is 313 g/mol. The number of hydrogen-bond donors (Lipinski definition) is 0. The van der Waals surface area contributed by atoms with Gasteiger partial charge in [0.2, 0.25) is 0 Å². The largest absolute Gasteiger partial charge is 0.364 e. The molecule has 2 heterocycles. The maximum atomic E-state index is 14.4. The molecule has 0 radical (unpaired) electrons. The number of halogens is 1. The average Bonchev–Trinajstić information content (AvgIpc) is 3.23. The van der Waals surface area contributed by atoms with Gasteiger partial charge in [-0.15, -0.1) is 0 Å². The first-order valence-corrected chi connectivity index (χ1v) is 8.97. The second-order valence-electron chi connectivity index (χ2n) is 7.28. The minimum atomic E-state index is -0.248. The van der Waals surface area contributed by atoms with Crippen LogP contribution in [0.1, 0.15) is 44.1 Å². The van der Waals surface area contributed by atoms with Crippen molar-refractivity contribution in [2.24, 2.45) is 5.92 Å². The van der Waals surface area contributed by atoms with Gasteiger partial charge in [0, 0.05) is 25.2 Å². The fourth-order valence-electron chi connectivity index (χ4n) is 4.94. The SMILES string of the molecule is N#Cc1cccc(F)c1N1CCC2CCN(C3CCCC3)CC21. The first kappa shape index (κ1) is 15.0. The summed E-state index contributed by atoms with van der Waals surface area (Å²) in [7, 11) is 0. The van der Waals surface area contributed by atoms with E-state index in [4.69, 9.17) is 0 Å². The fourth-order valence-corrected chi connectivity index (χ4v) is 4.94. The normalized spacial score (nSPS) is 28.8. The van der Waals surface area contributed by atoms with Crippen molar-refractivity contribution in [3.05, 3.63) is 29.6 Å². The van der Waals surface area contributed by atoms with Crippen molar-refractivity contribution in [2.45, 2.75) is 50.6 Å². The quantitative estimate of drug-likeness (QED) is 0.836. The highest BCUT2D eigenvalue weighted by molar-refractivity contribution is 5.61. The van der Waals surface area contributed by atoms with Gasteiger partial charge in [-0.3, -0.25) is 4.90 Å². The molecule has 1 saturated carbocycles. The molecule has 3 nitrogen and oxygen atoms in total. The predicted octanol–water partition coefficient (Wildman–Crippen LogP) is 3.54. The summed E-state index contributed by atoms with van der Waals surface area (Å²) in [4.78, 5) is 4.83. The van der Waals surface area contributed by atoms with E-state index in [9.17, 15) is 9.65 Å². The summed E-state index contributed by atoms with van der Waals surface area (Å²) in [5.74, 6) is 0.404. The molecule has 0 N–H and O–H groups in total. The van der Waals surface area contributed by atoms with Gasteiger partial charge >= 0.3 is 0 Å². The number of nitrogens with zero attached hydrogens (tertiary/aromatic N) is 3. The Morgan fingerprint density at radius 2 is 1.87 bits per heavy atom. The maximum Gasteiger partial charge on any atom is 0.147 e. The van der Waals surface area contributed by atoms with Gasteiger partial charge in [0.15, 0.2) is 0 Å². The Hall–Kier alpha value is -1.60. The number of nitriles is 1. The Kier molecular flexibility index (Phi) is 3.98. The number of para-hydroxylation sites is 1. The van der Waals surface area contributed by atoms with Crippen LogP contribution in [0, 0.1) is 23.1 Å². The highest BCUT2D eigenvalue weighted by atomic mass is 19.1. The van der Waals surface area contributed by atoms with E-state index in [0.29, 0.717) is 23.2 Å². The Bertz CT molecular complexity index is 618. The van der Waals surface area contributed by atoms with Crippen molar-refractivity contribution in [1.82, 2.24) is 4.90 Å². The topological polar surface area (TPSA) is 30.3 Å². The van der Waals surface area contributed by atoms with E-state index in [1.807, 2.05) is 0 Å². The standard InChI is InChI=1S/C19H24FN3/c20-17-7-3-4-15(12-21)19(17)23-11-9-14-8-10-22(13-18(14)23)16-5-1-2-6-16/h3-4,7,14,16,18H,1-2,5-6,8-11,13H2. The monoisotopic (exact) mass is 313 g/mol. The molecule has 4 rings (SSSR count). The number of anilines is 1. The van der Waals surface area contributed by atoms with E-state index < -0.39 is 0 Å². The zero-order valence-electron chi connectivity index (χ0n) is 13.5. The number of piperidine rings is 1. The van der Waals surface area contributed by atoms with Gasteiger partial charge in [-0.25, -0.2) is 4.39 Å². The molecule has 2 aliphatic heterocycles. The zero-order chi connectivity index (χ0) is 15.8. The van der Waals surface area contributed by atoms with Crippen LogP contribution in [-0.2, 0) is 0 Å². The van der Waals surface area contributed by atoms with E-state index in [-0.39, 0.29) is 5.82 Å². The van der Waals surface area contributed by atoms with Crippen molar-refractivity contribution in [1.29, 1.82) is 5.26 Å². The Morgan fingerprint density at radius 3 is 2.65 bits per heavy atom. The zero-order valence-corrected chi connectivity index (χ0v) is 13.5. The first-order valence-electron chi connectivity index (χ1n) is 8.97. The van der Waals surface area contributed by atoms with Crippen molar-refractivity contribution < 1.29 is 4.39 Å². The lowest BCUT2D eigenvalue weighted by atomic mass is 9.91. The molecule has 1 aromatic carbocycles. The molecule has 2 saturated heterocycles. The summed E-state index contributed by atoms with van der Waals surface area (Å²) in [6.07, 6.45) is 7.69. The third-order valence-electron chi connectivity index (χ3n) is 6.13.